The van der Waals surface area contributed by atoms with E-state index in [4.69, 9.17) is 14.9 Å². The zero-order valence-corrected chi connectivity index (χ0v) is 13.3. The molecule has 1 heterocycles. The van der Waals surface area contributed by atoms with Crippen molar-refractivity contribution < 1.29 is 23.8 Å². The number of nitrogens with two attached hydrogens (primary N) is 1. The van der Waals surface area contributed by atoms with Crippen LogP contribution < -0.4 is 11.1 Å². The maximum Gasteiger partial charge on any atom is 0.333 e. The molecule has 24 heavy (non-hydrogen) atoms. The molecule has 8 nitrogen and oxygen atoms in total. The molecule has 2 aromatic rings. The first-order chi connectivity index (χ1) is 11.4. The van der Waals surface area contributed by atoms with Crippen LogP contribution in [0.5, 0.6) is 0 Å². The Morgan fingerprint density at radius 3 is 2.58 bits per heavy atom. The van der Waals surface area contributed by atoms with Gasteiger partial charge in [0.2, 0.25) is 5.89 Å². The minimum absolute atomic E-state index is 0.0319. The minimum atomic E-state index is -0.978. The first kappa shape index (κ1) is 17.6. The Morgan fingerprint density at radius 1 is 1.33 bits per heavy atom. The molecular weight excluding hydrogens is 314 g/mol. The Morgan fingerprint density at radius 2 is 2.00 bits per heavy atom. The first-order valence-corrected chi connectivity index (χ1v) is 7.26. The van der Waals surface area contributed by atoms with Gasteiger partial charge in [-0.2, -0.15) is 0 Å². The van der Waals surface area contributed by atoms with Gasteiger partial charge in [0.25, 0.3) is 5.91 Å². The molecule has 0 radical (unpaired) electrons. The van der Waals surface area contributed by atoms with Crippen molar-refractivity contribution in [1.29, 1.82) is 0 Å². The summed E-state index contributed by atoms with van der Waals surface area (Å²) in [7, 11) is 1.24. The lowest BCUT2D eigenvalue weighted by Crippen LogP contribution is -2.34. The highest BCUT2D eigenvalue weighted by molar-refractivity contribution is 5.95. The molecule has 0 bridgehead atoms. The van der Waals surface area contributed by atoms with Crippen LogP contribution in [0.1, 0.15) is 41.0 Å². The maximum atomic E-state index is 12.3. The summed E-state index contributed by atoms with van der Waals surface area (Å²) in [5.74, 6) is -1.20. The molecule has 0 aliphatic carbocycles. The second kappa shape index (κ2) is 7.71. The van der Waals surface area contributed by atoms with E-state index >= 15 is 0 Å². The molecule has 1 aromatic carbocycles. The summed E-state index contributed by atoms with van der Waals surface area (Å²) in [5, 5.41) is 12.0. The molecular formula is C16H19N3O5. The summed E-state index contributed by atoms with van der Waals surface area (Å²) in [4.78, 5) is 28.2. The number of aliphatic hydroxyl groups is 1. The number of aromatic nitrogens is 1. The van der Waals surface area contributed by atoms with Crippen LogP contribution in [0.15, 0.2) is 41.0 Å². The average molecular weight is 333 g/mol. The highest BCUT2D eigenvalue weighted by Gasteiger charge is 2.26. The van der Waals surface area contributed by atoms with Gasteiger partial charge in [-0.05, 0) is 12.5 Å². The number of hydrogen-bond donors (Lipinski definition) is 3. The Balaban J connectivity index is 2.18. The van der Waals surface area contributed by atoms with Crippen LogP contribution in [0.3, 0.4) is 0 Å². The molecule has 4 N–H and O–H groups in total. The first-order valence-electron chi connectivity index (χ1n) is 7.26. The van der Waals surface area contributed by atoms with Crippen molar-refractivity contribution >= 4 is 11.9 Å². The number of hydrogen-bond acceptors (Lipinski definition) is 7. The summed E-state index contributed by atoms with van der Waals surface area (Å²) in [5.41, 5.74) is 6.22. The van der Waals surface area contributed by atoms with E-state index in [9.17, 15) is 14.7 Å². The van der Waals surface area contributed by atoms with E-state index in [1.54, 1.807) is 30.3 Å². The molecule has 0 aliphatic rings. The second-order valence-electron chi connectivity index (χ2n) is 5.18. The topological polar surface area (TPSA) is 128 Å². The minimum Gasteiger partial charge on any atom is -0.467 e. The number of esters is 1. The highest BCUT2D eigenvalue weighted by Crippen LogP contribution is 2.17. The van der Waals surface area contributed by atoms with Gasteiger partial charge in [0.15, 0.2) is 11.7 Å². The number of nitrogens with zero attached hydrogens (tertiary/aromatic N) is 1. The maximum absolute atomic E-state index is 12.3. The molecule has 0 fully saturated rings. The predicted molar refractivity (Wildman–Crippen MR) is 83.8 cm³/mol. The van der Waals surface area contributed by atoms with E-state index in [0.717, 1.165) is 6.26 Å². The number of methoxy groups -OCH3 is 1. The number of aliphatic hydroxyl groups excluding tert-OH is 1. The third kappa shape index (κ3) is 3.98. The smallest absolute Gasteiger partial charge is 0.333 e. The predicted octanol–water partition coefficient (Wildman–Crippen LogP) is 0.699. The lowest BCUT2D eigenvalue weighted by atomic mass is 10.1. The zero-order valence-electron chi connectivity index (χ0n) is 13.3. The summed E-state index contributed by atoms with van der Waals surface area (Å²) < 4.78 is 9.84. The molecule has 0 spiro atoms. The van der Waals surface area contributed by atoms with Gasteiger partial charge in [0.05, 0.1) is 13.2 Å². The molecule has 2 rings (SSSR count). The van der Waals surface area contributed by atoms with E-state index < -0.39 is 30.1 Å². The quantitative estimate of drug-likeness (QED) is 0.664. The molecule has 3 unspecified atom stereocenters. The molecule has 0 saturated carbocycles. The van der Waals surface area contributed by atoms with Crippen molar-refractivity contribution in [3.63, 3.8) is 0 Å². The van der Waals surface area contributed by atoms with Crippen molar-refractivity contribution in [2.45, 2.75) is 25.1 Å². The van der Waals surface area contributed by atoms with Crippen LogP contribution >= 0.6 is 0 Å². The van der Waals surface area contributed by atoms with Crippen LogP contribution in [0.4, 0.5) is 0 Å². The normalized spacial score (nSPS) is 14.5. The van der Waals surface area contributed by atoms with Crippen molar-refractivity contribution in [2.24, 2.45) is 5.73 Å². The van der Waals surface area contributed by atoms with E-state index in [0.29, 0.717) is 5.56 Å². The van der Waals surface area contributed by atoms with Crippen LogP contribution in [0.25, 0.3) is 0 Å². The number of rotatable bonds is 6. The SMILES string of the molecule is COC(=O)C(NC(=O)c1coc(C(N)C(C)O)n1)c1ccccc1. The van der Waals surface area contributed by atoms with Gasteiger partial charge >= 0.3 is 5.97 Å². The van der Waals surface area contributed by atoms with Crippen LogP contribution in [0, 0.1) is 0 Å². The molecule has 3 atom stereocenters. The average Bonchev–Trinajstić information content (AvgIpc) is 3.08. The van der Waals surface area contributed by atoms with Gasteiger partial charge in [0.1, 0.15) is 12.3 Å². The van der Waals surface area contributed by atoms with Gasteiger partial charge in [0, 0.05) is 0 Å². The second-order valence-corrected chi connectivity index (χ2v) is 5.18. The Bertz CT molecular complexity index is 699. The summed E-state index contributed by atoms with van der Waals surface area (Å²) >= 11 is 0. The van der Waals surface area contributed by atoms with Crippen LogP contribution in [-0.4, -0.2) is 35.2 Å². The van der Waals surface area contributed by atoms with Gasteiger partial charge in [-0.15, -0.1) is 0 Å². The zero-order chi connectivity index (χ0) is 17.7. The third-order valence-corrected chi connectivity index (χ3v) is 3.40. The standard InChI is InChI=1S/C16H19N3O5/c1-9(20)12(17)15-18-11(8-24-15)14(21)19-13(16(22)23-2)10-6-4-3-5-7-10/h3-9,12-13,20H,17H2,1-2H3,(H,19,21). The fourth-order valence-corrected chi connectivity index (χ4v) is 2.00. The molecule has 1 amide bonds. The fraction of sp³-hybridized carbons (Fsp3) is 0.312. The largest absolute Gasteiger partial charge is 0.467 e. The van der Waals surface area contributed by atoms with Gasteiger partial charge < -0.3 is 25.3 Å². The summed E-state index contributed by atoms with van der Waals surface area (Å²) in [6.45, 7) is 1.48. The lowest BCUT2D eigenvalue weighted by Gasteiger charge is -2.16. The molecule has 0 aliphatic heterocycles. The molecule has 128 valence electrons. The number of ether oxygens (including phenoxy) is 1. The van der Waals surface area contributed by atoms with E-state index in [1.807, 2.05) is 0 Å². The third-order valence-electron chi connectivity index (χ3n) is 3.40. The lowest BCUT2D eigenvalue weighted by molar-refractivity contribution is -0.143. The summed E-state index contributed by atoms with van der Waals surface area (Å²) in [6.07, 6.45) is 0.235. The van der Waals surface area contributed by atoms with Crippen LogP contribution in [-0.2, 0) is 9.53 Å². The highest BCUT2D eigenvalue weighted by atomic mass is 16.5. The van der Waals surface area contributed by atoms with Gasteiger partial charge in [-0.1, -0.05) is 30.3 Å². The Labute approximate surface area is 138 Å². The molecule has 0 saturated heterocycles. The number of oxazole rings is 1. The van der Waals surface area contributed by atoms with Crippen molar-refractivity contribution in [3.05, 3.63) is 53.7 Å². The van der Waals surface area contributed by atoms with Crippen molar-refractivity contribution in [1.82, 2.24) is 10.3 Å². The number of amides is 1. The van der Waals surface area contributed by atoms with Gasteiger partial charge in [-0.3, -0.25) is 4.79 Å². The Kier molecular flexibility index (Phi) is 5.67. The van der Waals surface area contributed by atoms with E-state index in [1.165, 1.54) is 14.0 Å². The number of carbonyl (C=O) groups is 2. The van der Waals surface area contributed by atoms with Crippen LogP contribution in [0.2, 0.25) is 0 Å². The molecule has 8 heteroatoms. The monoisotopic (exact) mass is 333 g/mol. The number of benzene rings is 1. The summed E-state index contributed by atoms with van der Waals surface area (Å²) in [6, 6.07) is 6.84. The fourth-order valence-electron chi connectivity index (χ4n) is 2.00. The number of nitrogens with one attached hydrogen (secondary N) is 1. The number of carbonyl (C=O) groups excluding carboxylic acids is 2. The van der Waals surface area contributed by atoms with Crippen molar-refractivity contribution in [2.75, 3.05) is 7.11 Å². The van der Waals surface area contributed by atoms with Gasteiger partial charge in [-0.25, -0.2) is 9.78 Å². The van der Waals surface area contributed by atoms with E-state index in [2.05, 4.69) is 10.3 Å². The Hall–Kier alpha value is -2.71. The molecule has 1 aromatic heterocycles. The van der Waals surface area contributed by atoms with E-state index in [-0.39, 0.29) is 11.6 Å². The van der Waals surface area contributed by atoms with Crippen molar-refractivity contribution in [3.8, 4) is 0 Å².